The van der Waals surface area contributed by atoms with Crippen LogP contribution in [0.25, 0.3) is 10.9 Å². The Labute approximate surface area is 178 Å². The molecule has 7 nitrogen and oxygen atoms in total. The summed E-state index contributed by atoms with van der Waals surface area (Å²) in [5.74, 6) is 0.122. The molecule has 1 N–H and O–H groups in total. The van der Waals surface area contributed by atoms with Gasteiger partial charge in [-0.15, -0.1) is 0 Å². The summed E-state index contributed by atoms with van der Waals surface area (Å²) in [5, 5.41) is 9.72. The van der Waals surface area contributed by atoms with Gasteiger partial charge in [0.05, 0.1) is 11.7 Å². The van der Waals surface area contributed by atoms with Gasteiger partial charge in [0, 0.05) is 52.4 Å². The Balaban J connectivity index is 1.85. The molecule has 0 radical (unpaired) electrons. The minimum Gasteiger partial charge on any atom is -0.465 e. The van der Waals surface area contributed by atoms with Crippen molar-refractivity contribution in [3.05, 3.63) is 23.8 Å². The average molecular weight is 437 g/mol. The largest absolute Gasteiger partial charge is 0.465 e. The fraction of sp³-hybridized carbons (Fsp3) is 0.619. The third-order valence-corrected chi connectivity index (χ3v) is 7.28. The summed E-state index contributed by atoms with van der Waals surface area (Å²) < 4.78 is 23.4. The number of rotatable bonds is 7. The number of pyridine rings is 1. The van der Waals surface area contributed by atoms with Crippen LogP contribution in [0.15, 0.2) is 12.4 Å². The van der Waals surface area contributed by atoms with Crippen LogP contribution in [0.5, 0.6) is 0 Å². The Hall–Kier alpha value is -2.13. The third kappa shape index (κ3) is 4.95. The number of ether oxygens (including phenoxy) is 1. The van der Waals surface area contributed by atoms with Crippen LogP contribution < -0.4 is 4.90 Å². The van der Waals surface area contributed by atoms with Crippen LogP contribution in [0.3, 0.4) is 0 Å². The second-order valence-corrected chi connectivity index (χ2v) is 15.1. The van der Waals surface area contributed by atoms with Crippen molar-refractivity contribution in [2.75, 3.05) is 37.7 Å². The van der Waals surface area contributed by atoms with Crippen molar-refractivity contribution >= 4 is 30.9 Å². The van der Waals surface area contributed by atoms with Gasteiger partial charge in [0.25, 0.3) is 0 Å². The van der Waals surface area contributed by atoms with E-state index in [1.165, 1.54) is 4.90 Å². The maximum absolute atomic E-state index is 15.6. The Morgan fingerprint density at radius 3 is 2.50 bits per heavy atom. The van der Waals surface area contributed by atoms with Crippen LogP contribution in [0.1, 0.15) is 25.3 Å². The van der Waals surface area contributed by atoms with Gasteiger partial charge in [-0.3, -0.25) is 0 Å². The van der Waals surface area contributed by atoms with Crippen LogP contribution in [0.2, 0.25) is 25.7 Å². The predicted octanol–water partition coefficient (Wildman–Crippen LogP) is 4.41. The van der Waals surface area contributed by atoms with Crippen molar-refractivity contribution < 1.29 is 19.0 Å². The first-order chi connectivity index (χ1) is 14.1. The molecule has 1 aliphatic heterocycles. The maximum Gasteiger partial charge on any atom is 0.407 e. The van der Waals surface area contributed by atoms with Gasteiger partial charge in [-0.25, -0.2) is 14.2 Å². The SMILES string of the molecule is CC(C)c1cn(COCC[Si](C)(C)C)c2cnc(N3CCN(C(=O)O)CC3)c(F)c12. The average Bonchev–Trinajstić information content (AvgIpc) is 3.05. The highest BCUT2D eigenvalue weighted by molar-refractivity contribution is 6.76. The number of hydrogen-bond donors (Lipinski definition) is 1. The van der Waals surface area contributed by atoms with E-state index in [1.807, 2.05) is 15.7 Å². The normalized spacial score (nSPS) is 15.4. The molecule has 3 heterocycles. The van der Waals surface area contributed by atoms with E-state index >= 15 is 4.39 Å². The molecule has 166 valence electrons. The number of anilines is 1. The molecule has 3 rings (SSSR count). The van der Waals surface area contributed by atoms with Gasteiger partial charge in [0.15, 0.2) is 11.6 Å². The van der Waals surface area contributed by atoms with E-state index in [0.717, 1.165) is 17.1 Å². The van der Waals surface area contributed by atoms with E-state index < -0.39 is 14.2 Å². The van der Waals surface area contributed by atoms with Crippen LogP contribution in [-0.4, -0.2) is 66.5 Å². The molecule has 1 aliphatic rings. The quantitative estimate of drug-likeness (QED) is 0.514. The third-order valence-electron chi connectivity index (χ3n) is 5.57. The number of nitrogens with zero attached hydrogens (tertiary/aromatic N) is 4. The number of amides is 1. The minimum atomic E-state index is -1.16. The van der Waals surface area contributed by atoms with Gasteiger partial charge < -0.3 is 24.2 Å². The summed E-state index contributed by atoms with van der Waals surface area (Å²) in [5.41, 5.74) is 1.67. The Morgan fingerprint density at radius 2 is 1.93 bits per heavy atom. The fourth-order valence-electron chi connectivity index (χ4n) is 3.68. The molecule has 0 spiro atoms. The van der Waals surface area contributed by atoms with Crippen LogP contribution in [-0.2, 0) is 11.5 Å². The summed E-state index contributed by atoms with van der Waals surface area (Å²) in [7, 11) is -1.16. The molecule has 0 unspecified atom stereocenters. The van der Waals surface area contributed by atoms with E-state index in [9.17, 15) is 4.79 Å². The molecule has 0 saturated carbocycles. The second-order valence-electron chi connectivity index (χ2n) is 9.47. The first-order valence-corrected chi connectivity index (χ1v) is 14.3. The fourth-order valence-corrected chi connectivity index (χ4v) is 4.43. The van der Waals surface area contributed by atoms with Crippen LogP contribution in [0.4, 0.5) is 15.0 Å². The zero-order valence-corrected chi connectivity index (χ0v) is 19.6. The molecule has 2 aromatic rings. The number of carboxylic acid groups (broad SMARTS) is 1. The van der Waals surface area contributed by atoms with Crippen molar-refractivity contribution in [3.63, 3.8) is 0 Å². The topological polar surface area (TPSA) is 70.8 Å². The molecule has 1 fully saturated rings. The Kier molecular flexibility index (Phi) is 6.71. The van der Waals surface area contributed by atoms with Crippen LogP contribution in [0, 0.1) is 5.82 Å². The van der Waals surface area contributed by atoms with Gasteiger partial charge in [0.2, 0.25) is 0 Å². The lowest BCUT2D eigenvalue weighted by Crippen LogP contribution is -2.48. The van der Waals surface area contributed by atoms with E-state index in [4.69, 9.17) is 9.84 Å². The molecule has 0 bridgehead atoms. The summed E-state index contributed by atoms with van der Waals surface area (Å²) >= 11 is 0. The Bertz CT molecular complexity index is 902. The van der Waals surface area contributed by atoms with Gasteiger partial charge in [-0.1, -0.05) is 33.5 Å². The minimum absolute atomic E-state index is 0.157. The maximum atomic E-state index is 15.6. The zero-order valence-electron chi connectivity index (χ0n) is 18.6. The van der Waals surface area contributed by atoms with E-state index in [-0.39, 0.29) is 11.7 Å². The van der Waals surface area contributed by atoms with Crippen molar-refractivity contribution in [2.45, 2.75) is 52.2 Å². The molecule has 1 saturated heterocycles. The first kappa shape index (κ1) is 22.5. The molecule has 1 amide bonds. The summed E-state index contributed by atoms with van der Waals surface area (Å²) in [6.07, 6.45) is 2.75. The number of hydrogen-bond acceptors (Lipinski definition) is 4. The van der Waals surface area contributed by atoms with Gasteiger partial charge in [-0.2, -0.15) is 0 Å². The number of piperazine rings is 1. The molecular weight excluding hydrogens is 403 g/mol. The van der Waals surface area contributed by atoms with Gasteiger partial charge in [-0.05, 0) is 17.5 Å². The monoisotopic (exact) mass is 436 g/mol. The van der Waals surface area contributed by atoms with Crippen molar-refractivity contribution in [1.29, 1.82) is 0 Å². The lowest BCUT2D eigenvalue weighted by molar-refractivity contribution is 0.0901. The highest BCUT2D eigenvalue weighted by Gasteiger charge is 2.26. The lowest BCUT2D eigenvalue weighted by Gasteiger charge is -2.34. The summed E-state index contributed by atoms with van der Waals surface area (Å²) in [4.78, 5) is 18.7. The van der Waals surface area contributed by atoms with E-state index in [2.05, 4.69) is 38.5 Å². The van der Waals surface area contributed by atoms with Crippen LogP contribution >= 0.6 is 0 Å². The molecule has 0 aromatic carbocycles. The zero-order chi connectivity index (χ0) is 22.1. The standard InChI is InChI=1S/C21H33FN4O3Si/c1-15(2)16-13-26(14-29-10-11-30(3,4)5)17-12-23-20(19(22)18(16)17)24-6-8-25(9-7-24)21(27)28/h12-13,15H,6-11,14H2,1-5H3,(H,27,28). The van der Waals surface area contributed by atoms with Crippen molar-refractivity contribution in [1.82, 2.24) is 14.5 Å². The second kappa shape index (κ2) is 8.93. The number of aromatic nitrogens is 2. The molecule has 2 aromatic heterocycles. The van der Waals surface area contributed by atoms with Gasteiger partial charge >= 0.3 is 6.09 Å². The van der Waals surface area contributed by atoms with Crippen molar-refractivity contribution in [2.24, 2.45) is 0 Å². The van der Waals surface area contributed by atoms with E-state index in [1.54, 1.807) is 6.20 Å². The lowest BCUT2D eigenvalue weighted by atomic mass is 10.0. The number of halogens is 1. The highest BCUT2D eigenvalue weighted by Crippen LogP contribution is 2.33. The number of fused-ring (bicyclic) bond motifs is 1. The molecule has 0 atom stereocenters. The molecule has 0 aliphatic carbocycles. The summed E-state index contributed by atoms with van der Waals surface area (Å²) in [6, 6.07) is 1.09. The molecule has 9 heteroatoms. The smallest absolute Gasteiger partial charge is 0.407 e. The molecule has 30 heavy (non-hydrogen) atoms. The summed E-state index contributed by atoms with van der Waals surface area (Å²) in [6.45, 7) is 13.7. The molecular formula is C21H33FN4O3Si. The van der Waals surface area contributed by atoms with Gasteiger partial charge in [0.1, 0.15) is 6.73 Å². The first-order valence-electron chi connectivity index (χ1n) is 10.6. The number of carbonyl (C=O) groups is 1. The van der Waals surface area contributed by atoms with Crippen molar-refractivity contribution in [3.8, 4) is 0 Å². The van der Waals surface area contributed by atoms with E-state index in [0.29, 0.717) is 50.7 Å². The Morgan fingerprint density at radius 1 is 1.27 bits per heavy atom. The highest BCUT2D eigenvalue weighted by atomic mass is 28.3. The predicted molar refractivity (Wildman–Crippen MR) is 120 cm³/mol.